The Morgan fingerprint density at radius 1 is 1.21 bits per heavy atom. The van der Waals surface area contributed by atoms with Gasteiger partial charge in [-0.15, -0.1) is 11.3 Å². The summed E-state index contributed by atoms with van der Waals surface area (Å²) in [7, 11) is 1.74. The van der Waals surface area contributed by atoms with Crippen molar-refractivity contribution in [1.29, 1.82) is 0 Å². The first kappa shape index (κ1) is 20.2. The minimum Gasteiger partial charge on any atom is -0.342 e. The normalized spacial score (nSPS) is 15.2. The number of thioether (sulfide) groups is 1. The highest BCUT2D eigenvalue weighted by atomic mass is 32.2. The van der Waals surface area contributed by atoms with Crippen LogP contribution in [-0.2, 0) is 11.8 Å². The van der Waals surface area contributed by atoms with Gasteiger partial charge in [-0.2, -0.15) is 0 Å². The molecule has 3 heterocycles. The van der Waals surface area contributed by atoms with Crippen LogP contribution in [0.3, 0.4) is 0 Å². The summed E-state index contributed by atoms with van der Waals surface area (Å²) >= 11 is 2.85. The van der Waals surface area contributed by atoms with Gasteiger partial charge in [0.05, 0.1) is 10.6 Å². The lowest BCUT2D eigenvalue weighted by Gasteiger charge is -2.20. The molecule has 152 valence electrons. The lowest BCUT2D eigenvalue weighted by Crippen LogP contribution is -2.34. The number of nitrogens with zero attached hydrogens (tertiary/aromatic N) is 3. The fourth-order valence-electron chi connectivity index (χ4n) is 3.68. The third-order valence-electron chi connectivity index (χ3n) is 5.64. The van der Waals surface area contributed by atoms with Gasteiger partial charge in [0.15, 0.2) is 5.16 Å². The molecule has 2 aromatic heterocycles. The van der Waals surface area contributed by atoms with Crippen molar-refractivity contribution in [2.75, 3.05) is 13.1 Å². The third-order valence-corrected chi connectivity index (χ3v) is 7.64. The predicted octanol–water partition coefficient (Wildman–Crippen LogP) is 4.38. The molecule has 1 aliphatic rings. The molecule has 1 unspecified atom stereocenters. The molecule has 1 saturated heterocycles. The number of fused-ring (bicyclic) bond motifs is 1. The molecule has 29 heavy (non-hydrogen) atoms. The number of aryl methyl sites for hydroxylation is 2. The summed E-state index contributed by atoms with van der Waals surface area (Å²) in [6.07, 6.45) is 2.14. The Hall–Kier alpha value is -2.12. The van der Waals surface area contributed by atoms with Gasteiger partial charge in [-0.1, -0.05) is 30.0 Å². The number of carbonyl (C=O) groups is 1. The van der Waals surface area contributed by atoms with Crippen LogP contribution >= 0.6 is 23.1 Å². The van der Waals surface area contributed by atoms with Crippen molar-refractivity contribution in [1.82, 2.24) is 14.5 Å². The highest BCUT2D eigenvalue weighted by Gasteiger charge is 2.26. The highest BCUT2D eigenvalue weighted by molar-refractivity contribution is 8.00. The zero-order valence-electron chi connectivity index (χ0n) is 17.2. The first-order chi connectivity index (χ1) is 13.9. The summed E-state index contributed by atoms with van der Waals surface area (Å²) in [5.74, 6) is 0.129. The monoisotopic (exact) mass is 427 g/mol. The molecule has 0 bridgehead atoms. The van der Waals surface area contributed by atoms with E-state index in [0.29, 0.717) is 10.5 Å². The van der Waals surface area contributed by atoms with Crippen molar-refractivity contribution in [3.63, 3.8) is 0 Å². The molecule has 0 aliphatic carbocycles. The van der Waals surface area contributed by atoms with E-state index in [1.807, 2.05) is 17.2 Å². The van der Waals surface area contributed by atoms with Crippen molar-refractivity contribution in [3.8, 4) is 11.1 Å². The lowest BCUT2D eigenvalue weighted by molar-refractivity contribution is -0.129. The Morgan fingerprint density at radius 2 is 1.93 bits per heavy atom. The molecule has 1 amide bonds. The Bertz CT molecular complexity index is 1140. The molecule has 1 aromatic carbocycles. The average Bonchev–Trinajstić information content (AvgIpc) is 3.37. The highest BCUT2D eigenvalue weighted by Crippen LogP contribution is 2.33. The van der Waals surface area contributed by atoms with E-state index >= 15 is 0 Å². The van der Waals surface area contributed by atoms with Crippen LogP contribution in [0.1, 0.15) is 30.9 Å². The number of hydrogen-bond donors (Lipinski definition) is 0. The third kappa shape index (κ3) is 3.73. The van der Waals surface area contributed by atoms with Gasteiger partial charge >= 0.3 is 0 Å². The van der Waals surface area contributed by atoms with Gasteiger partial charge in [-0.05, 0) is 50.3 Å². The molecule has 0 saturated carbocycles. The van der Waals surface area contributed by atoms with Gasteiger partial charge in [0.1, 0.15) is 4.83 Å². The van der Waals surface area contributed by atoms with Crippen LogP contribution in [0.5, 0.6) is 0 Å². The fourth-order valence-corrected chi connectivity index (χ4v) is 5.63. The summed E-state index contributed by atoms with van der Waals surface area (Å²) in [5.41, 5.74) is 4.34. The molecule has 0 N–H and O–H groups in total. The summed E-state index contributed by atoms with van der Waals surface area (Å²) in [6, 6.07) is 6.26. The maximum absolute atomic E-state index is 13.2. The molecule has 1 aliphatic heterocycles. The minimum absolute atomic E-state index is 0.0622. The van der Waals surface area contributed by atoms with E-state index in [0.717, 1.165) is 41.9 Å². The summed E-state index contributed by atoms with van der Waals surface area (Å²) in [6.45, 7) is 7.73. The number of aromatic nitrogens is 2. The first-order valence-corrected chi connectivity index (χ1v) is 11.6. The van der Waals surface area contributed by atoms with Crippen LogP contribution in [-0.4, -0.2) is 38.7 Å². The number of thiophene rings is 1. The van der Waals surface area contributed by atoms with Crippen LogP contribution in [0, 0.1) is 13.8 Å². The van der Waals surface area contributed by atoms with E-state index in [-0.39, 0.29) is 16.7 Å². The standard InChI is InChI=1S/C22H25N3O2S2/c1-13-7-8-16(11-14(13)2)17-12-28-19-18(17)21(27)24(4)22(23-19)29-15(3)20(26)25-9-5-6-10-25/h7-8,11-12,15H,5-6,9-10H2,1-4H3. The van der Waals surface area contributed by atoms with E-state index in [9.17, 15) is 9.59 Å². The van der Waals surface area contributed by atoms with Crippen molar-refractivity contribution in [2.45, 2.75) is 44.0 Å². The smallest absolute Gasteiger partial charge is 0.263 e. The van der Waals surface area contributed by atoms with Gasteiger partial charge in [-0.3, -0.25) is 14.2 Å². The van der Waals surface area contributed by atoms with Crippen LogP contribution < -0.4 is 5.56 Å². The van der Waals surface area contributed by atoms with E-state index in [4.69, 9.17) is 4.98 Å². The Balaban J connectivity index is 1.69. The molecular weight excluding hydrogens is 402 g/mol. The number of amides is 1. The van der Waals surface area contributed by atoms with Crippen molar-refractivity contribution in [2.24, 2.45) is 7.05 Å². The van der Waals surface area contributed by atoms with Gasteiger partial charge in [0.25, 0.3) is 5.56 Å². The van der Waals surface area contributed by atoms with Crippen molar-refractivity contribution < 1.29 is 4.79 Å². The quantitative estimate of drug-likeness (QED) is 0.458. The fraction of sp³-hybridized carbons (Fsp3) is 0.409. The number of benzene rings is 1. The van der Waals surface area contributed by atoms with Gasteiger partial charge < -0.3 is 4.90 Å². The Labute approximate surface area is 178 Å². The Kier molecular flexibility index (Phi) is 5.53. The Morgan fingerprint density at radius 3 is 2.62 bits per heavy atom. The van der Waals surface area contributed by atoms with Crippen LogP contribution in [0.2, 0.25) is 0 Å². The maximum Gasteiger partial charge on any atom is 0.263 e. The lowest BCUT2D eigenvalue weighted by atomic mass is 10.0. The first-order valence-electron chi connectivity index (χ1n) is 9.88. The largest absolute Gasteiger partial charge is 0.342 e. The summed E-state index contributed by atoms with van der Waals surface area (Å²) in [5, 5.41) is 3.00. The van der Waals surface area contributed by atoms with E-state index in [1.54, 1.807) is 11.6 Å². The van der Waals surface area contributed by atoms with Crippen LogP contribution in [0.4, 0.5) is 0 Å². The second-order valence-corrected chi connectivity index (χ2v) is 9.85. The molecule has 3 aromatic rings. The van der Waals surface area contributed by atoms with Gasteiger partial charge in [0, 0.05) is 31.1 Å². The molecule has 1 fully saturated rings. The maximum atomic E-state index is 13.2. The minimum atomic E-state index is -0.261. The van der Waals surface area contributed by atoms with E-state index in [1.165, 1.54) is 34.2 Å². The number of rotatable bonds is 4. The van der Waals surface area contributed by atoms with Gasteiger partial charge in [0.2, 0.25) is 5.91 Å². The predicted molar refractivity (Wildman–Crippen MR) is 121 cm³/mol. The van der Waals surface area contributed by atoms with Gasteiger partial charge in [-0.25, -0.2) is 4.98 Å². The zero-order valence-corrected chi connectivity index (χ0v) is 18.8. The second kappa shape index (κ2) is 7.95. The van der Waals surface area contributed by atoms with E-state index < -0.39 is 0 Å². The molecule has 0 radical (unpaired) electrons. The zero-order chi connectivity index (χ0) is 20.7. The number of hydrogen-bond acceptors (Lipinski definition) is 5. The molecule has 5 nitrogen and oxygen atoms in total. The summed E-state index contributed by atoms with van der Waals surface area (Å²) < 4.78 is 1.58. The average molecular weight is 428 g/mol. The molecule has 1 atom stereocenters. The van der Waals surface area contributed by atoms with Crippen molar-refractivity contribution in [3.05, 3.63) is 45.1 Å². The molecular formula is C22H25N3O2S2. The van der Waals surface area contributed by atoms with Crippen LogP contribution in [0.15, 0.2) is 33.5 Å². The number of carbonyl (C=O) groups excluding carboxylic acids is 1. The van der Waals surface area contributed by atoms with E-state index in [2.05, 4.69) is 32.0 Å². The van der Waals surface area contributed by atoms with Crippen LogP contribution in [0.25, 0.3) is 21.3 Å². The SMILES string of the molecule is Cc1ccc(-c2csc3nc(SC(C)C(=O)N4CCCC4)n(C)c(=O)c23)cc1C. The molecule has 0 spiro atoms. The topological polar surface area (TPSA) is 55.2 Å². The molecule has 7 heteroatoms. The number of likely N-dealkylation sites (tertiary alicyclic amines) is 1. The summed E-state index contributed by atoms with van der Waals surface area (Å²) in [4.78, 5) is 33.2. The van der Waals surface area contributed by atoms with Crippen molar-refractivity contribution >= 4 is 39.2 Å². The second-order valence-electron chi connectivity index (χ2n) is 7.68. The molecule has 4 rings (SSSR count).